The second-order valence-corrected chi connectivity index (χ2v) is 14.9. The van der Waals surface area contributed by atoms with Crippen LogP contribution in [0.3, 0.4) is 0 Å². The van der Waals surface area contributed by atoms with Gasteiger partial charge >= 0.3 is 12.2 Å². The van der Waals surface area contributed by atoms with E-state index in [1.54, 1.807) is 41.5 Å². The quantitative estimate of drug-likeness (QED) is 0.214. The predicted molar refractivity (Wildman–Crippen MR) is 184 cm³/mol. The fraction of sp³-hybridized carbons (Fsp3) is 0.472. The van der Waals surface area contributed by atoms with Crippen molar-refractivity contribution in [3.63, 3.8) is 0 Å². The van der Waals surface area contributed by atoms with E-state index in [1.165, 1.54) is 6.20 Å². The number of aromatic nitrogens is 2. The van der Waals surface area contributed by atoms with Crippen molar-refractivity contribution in [3.05, 3.63) is 64.9 Å². The first-order chi connectivity index (χ1) is 23.8. The smallest absolute Gasteiger partial charge is 0.412 e. The predicted octanol–water partition coefficient (Wildman–Crippen LogP) is 6.88. The van der Waals surface area contributed by atoms with E-state index in [9.17, 15) is 28.3 Å². The number of hydrogen-bond donors (Lipinski definition) is 4. The highest BCUT2D eigenvalue weighted by atomic mass is 19.1. The van der Waals surface area contributed by atoms with Gasteiger partial charge in [0.25, 0.3) is 5.91 Å². The van der Waals surface area contributed by atoms with Crippen LogP contribution in [0.2, 0.25) is 0 Å². The van der Waals surface area contributed by atoms with Crippen LogP contribution in [0, 0.1) is 23.4 Å². The lowest BCUT2D eigenvalue weighted by Crippen LogP contribution is -2.51. The highest BCUT2D eigenvalue weighted by molar-refractivity contribution is 6.10. The average molecular weight is 713 g/mol. The number of carbonyl (C=O) groups is 3. The molecule has 4 N–H and O–H groups in total. The summed E-state index contributed by atoms with van der Waals surface area (Å²) in [6.07, 6.45) is 0.441. The minimum atomic E-state index is -1.21. The van der Waals surface area contributed by atoms with E-state index in [0.717, 1.165) is 24.3 Å². The topological polar surface area (TPSA) is 155 Å². The molecule has 274 valence electrons. The molecular weight excluding hydrogens is 669 g/mol. The number of hydrogen-bond acceptors (Lipinski definition) is 9. The van der Waals surface area contributed by atoms with Gasteiger partial charge in [-0.2, -0.15) is 0 Å². The molecule has 12 nitrogen and oxygen atoms in total. The molecule has 51 heavy (non-hydrogen) atoms. The molecule has 3 atom stereocenters. The molecule has 15 heteroatoms. The van der Waals surface area contributed by atoms with Crippen LogP contribution in [-0.4, -0.2) is 63.5 Å². The van der Waals surface area contributed by atoms with E-state index in [4.69, 9.17) is 9.47 Å². The van der Waals surface area contributed by atoms with Gasteiger partial charge in [0, 0.05) is 30.8 Å². The van der Waals surface area contributed by atoms with Crippen LogP contribution in [0.25, 0.3) is 11.3 Å². The van der Waals surface area contributed by atoms with Crippen LogP contribution in [-0.2, 0) is 15.9 Å². The Kier molecular flexibility index (Phi) is 10.5. The molecule has 3 aromatic rings. The Labute approximate surface area is 294 Å². The number of rotatable bonds is 6. The normalized spacial score (nSPS) is 18.9. The molecule has 3 amide bonds. The fourth-order valence-electron chi connectivity index (χ4n) is 6.33. The van der Waals surface area contributed by atoms with Crippen molar-refractivity contribution in [1.82, 2.24) is 15.3 Å². The number of carbonyl (C=O) groups excluding carboxylic acids is 3. The monoisotopic (exact) mass is 712 g/mol. The van der Waals surface area contributed by atoms with Crippen molar-refractivity contribution in [2.45, 2.75) is 91.1 Å². The van der Waals surface area contributed by atoms with E-state index >= 15 is 4.39 Å². The van der Waals surface area contributed by atoms with Gasteiger partial charge in [0.2, 0.25) is 0 Å². The van der Waals surface area contributed by atoms with Crippen LogP contribution in [0.15, 0.2) is 30.5 Å². The number of aliphatic hydroxyl groups is 1. The third-order valence-electron chi connectivity index (χ3n) is 8.14. The number of amides is 3. The number of benzene rings is 1. The minimum absolute atomic E-state index is 0.0824. The van der Waals surface area contributed by atoms with Crippen molar-refractivity contribution in [2.24, 2.45) is 5.92 Å². The Balaban J connectivity index is 1.55. The maximum atomic E-state index is 15.5. The Morgan fingerprint density at radius 3 is 2.22 bits per heavy atom. The molecule has 0 spiro atoms. The Morgan fingerprint density at radius 1 is 0.922 bits per heavy atom. The van der Waals surface area contributed by atoms with Gasteiger partial charge in [-0.3, -0.25) is 15.1 Å². The van der Waals surface area contributed by atoms with E-state index in [-0.39, 0.29) is 17.6 Å². The van der Waals surface area contributed by atoms with Crippen LogP contribution in [0.1, 0.15) is 89.2 Å². The van der Waals surface area contributed by atoms with Gasteiger partial charge in [-0.25, -0.2) is 27.7 Å². The van der Waals surface area contributed by atoms with E-state index in [1.807, 2.05) is 11.8 Å². The first-order valence-electron chi connectivity index (χ1n) is 16.7. The van der Waals surface area contributed by atoms with Gasteiger partial charge in [0.15, 0.2) is 11.5 Å². The molecule has 3 unspecified atom stereocenters. The van der Waals surface area contributed by atoms with Crippen LogP contribution >= 0.6 is 0 Å². The molecule has 1 aliphatic heterocycles. The number of nitrogens with zero attached hydrogens (tertiary/aromatic N) is 3. The summed E-state index contributed by atoms with van der Waals surface area (Å²) in [5.74, 6) is -4.31. The molecule has 2 aromatic heterocycles. The maximum Gasteiger partial charge on any atom is 0.412 e. The van der Waals surface area contributed by atoms with Gasteiger partial charge in [0.1, 0.15) is 28.5 Å². The summed E-state index contributed by atoms with van der Waals surface area (Å²) < 4.78 is 55.9. The zero-order valence-corrected chi connectivity index (χ0v) is 29.6. The Morgan fingerprint density at radius 2 is 1.57 bits per heavy atom. The van der Waals surface area contributed by atoms with Crippen molar-refractivity contribution in [1.29, 1.82) is 0 Å². The number of fused-ring (bicyclic) bond motifs is 1. The largest absolute Gasteiger partial charge is 0.444 e. The first-order valence-corrected chi connectivity index (χ1v) is 16.7. The van der Waals surface area contributed by atoms with Crippen molar-refractivity contribution in [3.8, 4) is 11.3 Å². The molecule has 0 radical (unpaired) electrons. The zero-order chi connectivity index (χ0) is 37.4. The molecule has 0 saturated carbocycles. The number of aliphatic hydroxyl groups excluding tert-OH is 1. The standard InChI is InChI=1S/C36H43F3N6O6/c1-18-13-19(41-33(48)50-35(2,3)4)17-45(16-18)31-20-11-12-26(46)28(20)40-15-25(31)42-32(47)30-24(43-34(49)51-36(5,6)7)14-23(39)29(44-30)27-21(37)9-8-10-22(27)38/h8-10,14-15,18-19,26,46H,11-13,16-17H2,1-7H3,(H,41,48)(H,42,47)(H,43,49). The number of ether oxygens (including phenoxy) is 2. The zero-order valence-electron chi connectivity index (χ0n) is 29.6. The van der Waals surface area contributed by atoms with Gasteiger partial charge in [-0.1, -0.05) is 13.0 Å². The number of pyridine rings is 2. The van der Waals surface area contributed by atoms with Crippen LogP contribution in [0.4, 0.5) is 39.8 Å². The summed E-state index contributed by atoms with van der Waals surface area (Å²) in [5, 5.41) is 18.7. The molecule has 5 rings (SSSR count). The number of halogens is 3. The third kappa shape index (κ3) is 8.88. The summed E-state index contributed by atoms with van der Waals surface area (Å²) in [6.45, 7) is 13.0. The highest BCUT2D eigenvalue weighted by Crippen LogP contribution is 2.42. The average Bonchev–Trinajstić information content (AvgIpc) is 3.35. The van der Waals surface area contributed by atoms with Gasteiger partial charge in [-0.15, -0.1) is 0 Å². The maximum absolute atomic E-state index is 15.5. The highest BCUT2D eigenvalue weighted by Gasteiger charge is 2.35. The summed E-state index contributed by atoms with van der Waals surface area (Å²) in [5.41, 5.74) is -2.33. The summed E-state index contributed by atoms with van der Waals surface area (Å²) in [4.78, 5) is 50.0. The van der Waals surface area contributed by atoms with Crippen LogP contribution in [0.5, 0.6) is 0 Å². The molecular formula is C36H43F3N6O6. The van der Waals surface area contributed by atoms with Gasteiger partial charge in [0.05, 0.1) is 40.6 Å². The first kappa shape index (κ1) is 37.3. The molecule has 1 aromatic carbocycles. The molecule has 1 saturated heterocycles. The van der Waals surface area contributed by atoms with Crippen molar-refractivity contribution < 1.29 is 42.1 Å². The van der Waals surface area contributed by atoms with E-state index in [2.05, 4.69) is 25.9 Å². The van der Waals surface area contributed by atoms with Gasteiger partial charge in [-0.05, 0) is 78.9 Å². The SMILES string of the molecule is CC1CC(NC(=O)OC(C)(C)C)CN(c2c(NC(=O)c3nc(-c4c(F)cccc4F)c(F)cc3NC(=O)OC(C)(C)C)cnc3c2CCC3O)C1. The lowest BCUT2D eigenvalue weighted by molar-refractivity contribution is 0.0494. The van der Waals surface area contributed by atoms with Crippen LogP contribution < -0.4 is 20.9 Å². The molecule has 3 heterocycles. The van der Waals surface area contributed by atoms with Crippen molar-refractivity contribution in [2.75, 3.05) is 28.6 Å². The molecule has 1 fully saturated rings. The van der Waals surface area contributed by atoms with E-state index < -0.39 is 75.5 Å². The number of nitrogens with one attached hydrogen (secondary N) is 3. The number of piperidine rings is 1. The summed E-state index contributed by atoms with van der Waals surface area (Å²) in [7, 11) is 0. The molecule has 2 aliphatic rings. The Bertz CT molecular complexity index is 1820. The minimum Gasteiger partial charge on any atom is -0.444 e. The second-order valence-electron chi connectivity index (χ2n) is 14.9. The lowest BCUT2D eigenvalue weighted by Gasteiger charge is -2.40. The van der Waals surface area contributed by atoms with Gasteiger partial charge < -0.3 is 30.1 Å². The van der Waals surface area contributed by atoms with E-state index in [0.29, 0.717) is 49.3 Å². The Hall–Kier alpha value is -4.92. The summed E-state index contributed by atoms with van der Waals surface area (Å²) in [6, 6.07) is 3.36. The number of anilines is 3. The second kappa shape index (κ2) is 14.4. The van der Waals surface area contributed by atoms with Crippen molar-refractivity contribution >= 4 is 35.2 Å². The fourth-order valence-corrected chi connectivity index (χ4v) is 6.33. The number of alkyl carbamates (subject to hydrolysis) is 1. The molecule has 0 bridgehead atoms. The lowest BCUT2D eigenvalue weighted by atomic mass is 9.94. The third-order valence-corrected chi connectivity index (χ3v) is 8.14. The molecule has 1 aliphatic carbocycles. The summed E-state index contributed by atoms with van der Waals surface area (Å²) >= 11 is 0.